The molecule has 16 heavy (non-hydrogen) atoms. The van der Waals surface area contributed by atoms with E-state index in [9.17, 15) is 14.4 Å². The summed E-state index contributed by atoms with van der Waals surface area (Å²) in [7, 11) is 1.13. The van der Waals surface area contributed by atoms with E-state index >= 15 is 0 Å². The Balaban J connectivity index is 2.34. The van der Waals surface area contributed by atoms with Crippen molar-refractivity contribution in [2.24, 2.45) is 0 Å². The van der Waals surface area contributed by atoms with Crippen LogP contribution in [0.4, 0.5) is 0 Å². The topological polar surface area (TPSA) is 95.9 Å². The molecule has 1 saturated heterocycles. The number of hydrogen-bond donors (Lipinski definition) is 2. The summed E-state index contributed by atoms with van der Waals surface area (Å²) >= 11 is 0. The van der Waals surface area contributed by atoms with Crippen molar-refractivity contribution in [3.63, 3.8) is 0 Å². The summed E-state index contributed by atoms with van der Waals surface area (Å²) in [5.41, 5.74) is 0. The van der Waals surface area contributed by atoms with E-state index in [1.807, 2.05) is 0 Å². The van der Waals surface area contributed by atoms with Gasteiger partial charge in [-0.3, -0.25) is 14.5 Å². The highest BCUT2D eigenvalue weighted by Crippen LogP contribution is 2.08. The molecule has 1 aliphatic rings. The maximum atomic E-state index is 11.1. The van der Waals surface area contributed by atoms with Crippen molar-refractivity contribution in [1.82, 2.24) is 10.2 Å². The van der Waals surface area contributed by atoms with E-state index in [0.717, 1.165) is 7.11 Å². The monoisotopic (exact) mass is 230 g/mol. The number of likely N-dealkylation sites (tertiary alicyclic amines) is 1. The molecule has 0 aromatic carbocycles. The Labute approximate surface area is 92.4 Å². The highest BCUT2D eigenvalue weighted by molar-refractivity contribution is 6.32. The van der Waals surface area contributed by atoms with E-state index in [2.05, 4.69) is 10.1 Å². The normalized spacial score (nSPS) is 20.4. The molecule has 0 spiro atoms. The molecule has 0 aromatic heterocycles. The molecule has 0 radical (unpaired) electrons. The number of methoxy groups -OCH3 is 1. The number of amides is 1. The number of hydrogen-bond acceptors (Lipinski definition) is 5. The van der Waals surface area contributed by atoms with Crippen molar-refractivity contribution < 1.29 is 24.2 Å². The van der Waals surface area contributed by atoms with Gasteiger partial charge in [-0.25, -0.2) is 4.79 Å². The van der Waals surface area contributed by atoms with E-state index in [0.29, 0.717) is 19.5 Å². The molecule has 1 aliphatic heterocycles. The fourth-order valence-electron chi connectivity index (χ4n) is 1.62. The summed E-state index contributed by atoms with van der Waals surface area (Å²) in [6, 6.07) is -0.189. The molecule has 2 N–H and O–H groups in total. The molecule has 0 aliphatic carbocycles. The van der Waals surface area contributed by atoms with Gasteiger partial charge < -0.3 is 15.2 Å². The summed E-state index contributed by atoms with van der Waals surface area (Å²) in [4.78, 5) is 34.1. The average molecular weight is 230 g/mol. The minimum Gasteiger partial charge on any atom is -0.480 e. The van der Waals surface area contributed by atoms with Gasteiger partial charge in [-0.2, -0.15) is 0 Å². The second kappa shape index (κ2) is 5.45. The van der Waals surface area contributed by atoms with Crippen molar-refractivity contribution in [3.05, 3.63) is 0 Å². The first-order chi connectivity index (χ1) is 7.52. The van der Waals surface area contributed by atoms with Crippen LogP contribution in [0.3, 0.4) is 0 Å². The van der Waals surface area contributed by atoms with Gasteiger partial charge in [-0.05, 0) is 6.42 Å². The van der Waals surface area contributed by atoms with Crippen molar-refractivity contribution in [2.75, 3.05) is 26.7 Å². The van der Waals surface area contributed by atoms with Crippen molar-refractivity contribution in [1.29, 1.82) is 0 Å². The van der Waals surface area contributed by atoms with Crippen molar-refractivity contribution >= 4 is 17.8 Å². The summed E-state index contributed by atoms with van der Waals surface area (Å²) in [5.74, 6) is -2.62. The molecule has 1 atom stereocenters. The Hall–Kier alpha value is -1.63. The second-order valence-corrected chi connectivity index (χ2v) is 3.58. The first-order valence-electron chi connectivity index (χ1n) is 4.86. The highest BCUT2D eigenvalue weighted by Gasteiger charge is 2.27. The van der Waals surface area contributed by atoms with E-state index < -0.39 is 17.8 Å². The van der Waals surface area contributed by atoms with Crippen LogP contribution < -0.4 is 5.32 Å². The molecule has 90 valence electrons. The molecule has 0 unspecified atom stereocenters. The third kappa shape index (κ3) is 3.50. The first-order valence-corrected chi connectivity index (χ1v) is 4.86. The minimum absolute atomic E-state index is 0.0510. The molecule has 1 heterocycles. The SMILES string of the molecule is COC(=O)C(=O)N[C@@H]1CCN(CC(=O)O)C1. The van der Waals surface area contributed by atoms with Gasteiger partial charge in [-0.1, -0.05) is 0 Å². The largest absolute Gasteiger partial charge is 0.480 e. The predicted molar refractivity (Wildman–Crippen MR) is 52.6 cm³/mol. The fourth-order valence-corrected chi connectivity index (χ4v) is 1.62. The van der Waals surface area contributed by atoms with Crippen LogP contribution in [0.1, 0.15) is 6.42 Å². The van der Waals surface area contributed by atoms with E-state index in [-0.39, 0.29) is 12.6 Å². The van der Waals surface area contributed by atoms with Gasteiger partial charge in [0.1, 0.15) is 0 Å². The molecule has 1 fully saturated rings. The van der Waals surface area contributed by atoms with Gasteiger partial charge in [-0.15, -0.1) is 0 Å². The van der Waals surface area contributed by atoms with Gasteiger partial charge in [0.2, 0.25) is 0 Å². The van der Waals surface area contributed by atoms with E-state index in [4.69, 9.17) is 5.11 Å². The Bertz CT molecular complexity index is 304. The van der Waals surface area contributed by atoms with Crippen molar-refractivity contribution in [3.8, 4) is 0 Å². The Kier molecular flexibility index (Phi) is 4.24. The second-order valence-electron chi connectivity index (χ2n) is 3.58. The zero-order valence-electron chi connectivity index (χ0n) is 8.93. The zero-order chi connectivity index (χ0) is 12.1. The van der Waals surface area contributed by atoms with Crippen molar-refractivity contribution in [2.45, 2.75) is 12.5 Å². The molecular formula is C9H14N2O5. The summed E-state index contributed by atoms with van der Waals surface area (Å²) < 4.78 is 4.25. The Morgan fingerprint density at radius 3 is 2.75 bits per heavy atom. The molecule has 7 nitrogen and oxygen atoms in total. The Morgan fingerprint density at radius 1 is 1.50 bits per heavy atom. The van der Waals surface area contributed by atoms with Gasteiger partial charge >= 0.3 is 17.8 Å². The van der Waals surface area contributed by atoms with Crippen LogP contribution in [-0.2, 0) is 19.1 Å². The number of carboxylic acid groups (broad SMARTS) is 1. The molecule has 0 saturated carbocycles. The fraction of sp³-hybridized carbons (Fsp3) is 0.667. The molecule has 0 aromatic rings. The molecule has 1 rings (SSSR count). The zero-order valence-corrected chi connectivity index (χ0v) is 8.93. The number of esters is 1. The predicted octanol–water partition coefficient (Wildman–Crippen LogP) is -1.57. The van der Waals surface area contributed by atoms with Crippen LogP contribution >= 0.6 is 0 Å². The minimum atomic E-state index is -0.934. The van der Waals surface area contributed by atoms with Crippen LogP contribution in [0, 0.1) is 0 Å². The standard InChI is InChI=1S/C9H14N2O5/c1-16-9(15)8(14)10-6-2-3-11(4-6)5-7(12)13/h6H,2-5H2,1H3,(H,10,14)(H,12,13)/t6-/m1/s1. The lowest BCUT2D eigenvalue weighted by molar-refractivity contribution is -0.153. The number of ether oxygens (including phenoxy) is 1. The third-order valence-electron chi connectivity index (χ3n) is 2.34. The number of carboxylic acids is 1. The van der Waals surface area contributed by atoms with Gasteiger partial charge in [0, 0.05) is 19.1 Å². The lowest BCUT2D eigenvalue weighted by Crippen LogP contribution is -2.41. The molecule has 1 amide bonds. The smallest absolute Gasteiger partial charge is 0.396 e. The van der Waals surface area contributed by atoms with Crippen LogP contribution in [0.2, 0.25) is 0 Å². The quantitative estimate of drug-likeness (QED) is 0.449. The van der Waals surface area contributed by atoms with E-state index in [1.54, 1.807) is 4.90 Å². The third-order valence-corrected chi connectivity index (χ3v) is 2.34. The van der Waals surface area contributed by atoms with Gasteiger partial charge in [0.15, 0.2) is 0 Å². The van der Waals surface area contributed by atoms with Crippen LogP contribution in [0.15, 0.2) is 0 Å². The maximum absolute atomic E-state index is 11.1. The maximum Gasteiger partial charge on any atom is 0.396 e. The lowest BCUT2D eigenvalue weighted by Gasteiger charge is -2.13. The van der Waals surface area contributed by atoms with Gasteiger partial charge in [0.05, 0.1) is 13.7 Å². The number of nitrogens with zero attached hydrogens (tertiary/aromatic N) is 1. The van der Waals surface area contributed by atoms with Crippen LogP contribution in [0.5, 0.6) is 0 Å². The summed E-state index contributed by atoms with van der Waals surface area (Å²) in [5, 5.41) is 11.0. The van der Waals surface area contributed by atoms with Crippen LogP contribution in [-0.4, -0.2) is 60.6 Å². The van der Waals surface area contributed by atoms with Gasteiger partial charge in [0.25, 0.3) is 0 Å². The van der Waals surface area contributed by atoms with E-state index in [1.165, 1.54) is 0 Å². The summed E-state index contributed by atoms with van der Waals surface area (Å²) in [6.45, 7) is 0.984. The molecule has 7 heteroatoms. The number of aliphatic carboxylic acids is 1. The number of nitrogens with one attached hydrogen (secondary N) is 1. The number of carbonyl (C=O) groups excluding carboxylic acids is 2. The number of rotatable bonds is 3. The lowest BCUT2D eigenvalue weighted by atomic mass is 10.2. The Morgan fingerprint density at radius 2 is 2.19 bits per heavy atom. The highest BCUT2D eigenvalue weighted by atomic mass is 16.5. The molecular weight excluding hydrogens is 216 g/mol. The molecule has 0 bridgehead atoms. The summed E-state index contributed by atoms with van der Waals surface area (Å²) in [6.07, 6.45) is 0.635. The first kappa shape index (κ1) is 12.4. The number of carbonyl (C=O) groups is 3. The average Bonchev–Trinajstić information content (AvgIpc) is 2.63. The van der Waals surface area contributed by atoms with Crippen LogP contribution in [0.25, 0.3) is 0 Å².